The predicted octanol–water partition coefficient (Wildman–Crippen LogP) is 3.02. The normalized spacial score (nSPS) is 16.2. The van der Waals surface area contributed by atoms with Gasteiger partial charge in [0.1, 0.15) is 5.82 Å². The van der Waals surface area contributed by atoms with Crippen LogP contribution >= 0.6 is 0 Å². The Balaban J connectivity index is 1.55. The minimum Gasteiger partial charge on any atom is -0.348 e. The van der Waals surface area contributed by atoms with Gasteiger partial charge in [-0.3, -0.25) is 9.69 Å². The molecule has 0 aliphatic carbocycles. The molecular formula is C26H24FN7O. The first kappa shape index (κ1) is 23.8. The molecular weight excluding hydrogens is 445 g/mol. The Labute approximate surface area is 203 Å². The minimum absolute atomic E-state index is 0.0845. The molecule has 35 heavy (non-hydrogen) atoms. The van der Waals surface area contributed by atoms with Gasteiger partial charge >= 0.3 is 0 Å². The number of benzene rings is 2. The molecule has 1 aliphatic rings. The lowest BCUT2D eigenvalue weighted by Crippen LogP contribution is -2.38. The number of aromatic nitrogens is 2. The fourth-order valence-corrected chi connectivity index (χ4v) is 4.23. The van der Waals surface area contributed by atoms with Gasteiger partial charge in [0.2, 0.25) is 5.95 Å². The average Bonchev–Trinajstić information content (AvgIpc) is 3.32. The lowest BCUT2D eigenvalue weighted by Gasteiger charge is -2.29. The number of anilines is 1. The molecule has 1 unspecified atom stereocenters. The first-order valence-electron chi connectivity index (χ1n) is 11.1. The second-order valence-corrected chi connectivity index (χ2v) is 8.61. The van der Waals surface area contributed by atoms with Gasteiger partial charge < -0.3 is 10.2 Å². The van der Waals surface area contributed by atoms with E-state index in [1.807, 2.05) is 37.2 Å². The first-order valence-corrected chi connectivity index (χ1v) is 11.1. The lowest BCUT2D eigenvalue weighted by atomic mass is 9.98. The standard InChI is InChI=1S/C26H24FN7O/c1-33(2)26-30-14-20(15-31-26)24(19-6-3-17(12-28)4-7-19)34-10-9-21(16-34)32-25(35)22-8-5-18(13-29)11-23(22)27/h3-8,11,14-15,21,24H,9-10,16H2,1-2H3,(H,32,35)/t21?,24-/m1/s1. The van der Waals surface area contributed by atoms with Gasteiger partial charge in [0.05, 0.1) is 34.9 Å². The van der Waals surface area contributed by atoms with E-state index < -0.39 is 11.7 Å². The van der Waals surface area contributed by atoms with E-state index in [1.165, 1.54) is 12.1 Å². The molecule has 176 valence electrons. The van der Waals surface area contributed by atoms with E-state index in [1.54, 1.807) is 24.5 Å². The van der Waals surface area contributed by atoms with Gasteiger partial charge in [0.15, 0.2) is 0 Å². The Morgan fingerprint density at radius 2 is 1.74 bits per heavy atom. The molecule has 0 saturated carbocycles. The molecule has 2 atom stereocenters. The smallest absolute Gasteiger partial charge is 0.254 e. The number of halogens is 1. The Morgan fingerprint density at radius 3 is 2.34 bits per heavy atom. The summed E-state index contributed by atoms with van der Waals surface area (Å²) in [6.45, 7) is 1.24. The summed E-state index contributed by atoms with van der Waals surface area (Å²) >= 11 is 0. The molecule has 2 aromatic carbocycles. The van der Waals surface area contributed by atoms with Gasteiger partial charge in [-0.2, -0.15) is 10.5 Å². The number of carbonyl (C=O) groups is 1. The van der Waals surface area contributed by atoms with E-state index in [0.29, 0.717) is 31.0 Å². The van der Waals surface area contributed by atoms with Crippen LogP contribution in [0.15, 0.2) is 54.9 Å². The summed E-state index contributed by atoms with van der Waals surface area (Å²) in [6.07, 6.45) is 4.28. The van der Waals surface area contributed by atoms with Gasteiger partial charge in [-0.25, -0.2) is 14.4 Å². The summed E-state index contributed by atoms with van der Waals surface area (Å²) in [5.41, 5.74) is 2.53. The molecule has 8 nitrogen and oxygen atoms in total. The van der Waals surface area contributed by atoms with Crippen LogP contribution in [0.5, 0.6) is 0 Å². The number of rotatable bonds is 6. The van der Waals surface area contributed by atoms with Crippen molar-refractivity contribution in [2.24, 2.45) is 0 Å². The quantitative estimate of drug-likeness (QED) is 0.591. The van der Waals surface area contributed by atoms with Crippen molar-refractivity contribution < 1.29 is 9.18 Å². The third kappa shape index (κ3) is 5.26. The van der Waals surface area contributed by atoms with Gasteiger partial charge in [0.25, 0.3) is 5.91 Å². The second-order valence-electron chi connectivity index (χ2n) is 8.61. The number of amides is 1. The molecule has 3 aromatic rings. The topological polar surface area (TPSA) is 109 Å². The molecule has 4 rings (SSSR count). The Hall–Kier alpha value is -4.34. The maximum absolute atomic E-state index is 14.3. The Kier molecular flexibility index (Phi) is 7.00. The fourth-order valence-electron chi connectivity index (χ4n) is 4.23. The SMILES string of the molecule is CN(C)c1ncc([C@@H](c2ccc(C#N)cc2)N2CCC(NC(=O)c3ccc(C#N)cc3F)C2)cn1. The van der Waals surface area contributed by atoms with E-state index in [-0.39, 0.29) is 23.2 Å². The number of nitrogens with one attached hydrogen (secondary N) is 1. The molecule has 1 fully saturated rings. The van der Waals surface area contributed by atoms with Crippen LogP contribution in [0.1, 0.15) is 45.1 Å². The summed E-state index contributed by atoms with van der Waals surface area (Å²) < 4.78 is 14.3. The zero-order valence-corrected chi connectivity index (χ0v) is 19.4. The molecule has 0 spiro atoms. The van der Waals surface area contributed by atoms with Crippen molar-refractivity contribution in [3.63, 3.8) is 0 Å². The van der Waals surface area contributed by atoms with Crippen molar-refractivity contribution in [1.82, 2.24) is 20.2 Å². The van der Waals surface area contributed by atoms with Crippen LogP contribution in [-0.2, 0) is 0 Å². The van der Waals surface area contributed by atoms with E-state index in [9.17, 15) is 14.4 Å². The molecule has 0 bridgehead atoms. The van der Waals surface area contributed by atoms with Crippen molar-refractivity contribution >= 4 is 11.9 Å². The summed E-state index contributed by atoms with van der Waals surface area (Å²) in [4.78, 5) is 25.7. The predicted molar refractivity (Wildman–Crippen MR) is 128 cm³/mol. The van der Waals surface area contributed by atoms with Crippen LogP contribution in [0.2, 0.25) is 0 Å². The average molecular weight is 470 g/mol. The maximum atomic E-state index is 14.3. The molecule has 1 amide bonds. The molecule has 1 saturated heterocycles. The molecule has 1 aromatic heterocycles. The van der Waals surface area contributed by atoms with Crippen LogP contribution in [0.4, 0.5) is 10.3 Å². The molecule has 9 heteroatoms. The summed E-state index contributed by atoms with van der Waals surface area (Å²) in [6, 6.07) is 14.9. The van der Waals surface area contributed by atoms with Crippen LogP contribution < -0.4 is 10.2 Å². The van der Waals surface area contributed by atoms with Crippen LogP contribution in [0.25, 0.3) is 0 Å². The summed E-state index contributed by atoms with van der Waals surface area (Å²) in [5.74, 6) is -0.624. The van der Waals surface area contributed by atoms with Crippen molar-refractivity contribution in [2.45, 2.75) is 18.5 Å². The highest BCUT2D eigenvalue weighted by Crippen LogP contribution is 2.32. The maximum Gasteiger partial charge on any atom is 0.254 e. The number of hydrogen-bond acceptors (Lipinski definition) is 7. The number of carbonyl (C=O) groups excluding carboxylic acids is 1. The van der Waals surface area contributed by atoms with E-state index in [4.69, 9.17) is 5.26 Å². The number of likely N-dealkylation sites (tertiary alicyclic amines) is 1. The zero-order chi connectivity index (χ0) is 24.9. The highest BCUT2D eigenvalue weighted by atomic mass is 19.1. The Morgan fingerprint density at radius 1 is 1.09 bits per heavy atom. The largest absolute Gasteiger partial charge is 0.348 e. The van der Waals surface area contributed by atoms with Crippen LogP contribution in [-0.4, -0.2) is 54.0 Å². The fraction of sp³-hybridized carbons (Fsp3) is 0.269. The van der Waals surface area contributed by atoms with Gasteiger partial charge in [-0.15, -0.1) is 0 Å². The van der Waals surface area contributed by atoms with Gasteiger partial charge in [-0.05, 0) is 42.3 Å². The number of nitriles is 2. The van der Waals surface area contributed by atoms with E-state index in [2.05, 4.69) is 26.3 Å². The van der Waals surface area contributed by atoms with Crippen molar-refractivity contribution in [1.29, 1.82) is 10.5 Å². The van der Waals surface area contributed by atoms with Gasteiger partial charge in [-0.1, -0.05) is 12.1 Å². The third-order valence-corrected chi connectivity index (χ3v) is 5.99. The van der Waals surface area contributed by atoms with Crippen molar-refractivity contribution in [3.8, 4) is 12.1 Å². The summed E-state index contributed by atoms with van der Waals surface area (Å²) in [5, 5.41) is 21.0. The second kappa shape index (κ2) is 10.3. The third-order valence-electron chi connectivity index (χ3n) is 5.99. The van der Waals surface area contributed by atoms with Crippen molar-refractivity contribution in [3.05, 3.63) is 88.5 Å². The molecule has 0 radical (unpaired) electrons. The highest BCUT2D eigenvalue weighted by Gasteiger charge is 2.32. The number of hydrogen-bond donors (Lipinski definition) is 1. The molecule has 2 heterocycles. The monoisotopic (exact) mass is 469 g/mol. The van der Waals surface area contributed by atoms with Crippen LogP contribution in [0.3, 0.4) is 0 Å². The number of nitrogens with zero attached hydrogens (tertiary/aromatic N) is 6. The first-order chi connectivity index (χ1) is 16.9. The molecule has 1 aliphatic heterocycles. The van der Waals surface area contributed by atoms with Crippen molar-refractivity contribution in [2.75, 3.05) is 32.1 Å². The van der Waals surface area contributed by atoms with Crippen LogP contribution in [0, 0.1) is 28.5 Å². The molecule has 1 N–H and O–H groups in total. The Bertz CT molecular complexity index is 1290. The van der Waals surface area contributed by atoms with E-state index in [0.717, 1.165) is 17.2 Å². The highest BCUT2D eigenvalue weighted by molar-refractivity contribution is 5.94. The van der Waals surface area contributed by atoms with Gasteiger partial charge in [0, 0.05) is 51.2 Å². The zero-order valence-electron chi connectivity index (χ0n) is 19.4. The summed E-state index contributed by atoms with van der Waals surface area (Å²) in [7, 11) is 3.75. The lowest BCUT2D eigenvalue weighted by molar-refractivity contribution is 0.0933. The minimum atomic E-state index is -0.718. The van der Waals surface area contributed by atoms with E-state index >= 15 is 0 Å².